The van der Waals surface area contributed by atoms with Crippen LogP contribution in [0.3, 0.4) is 0 Å². The Kier molecular flexibility index (Phi) is 5.36. The molecule has 0 atom stereocenters. The minimum atomic E-state index is -0.861. The number of carboxylic acids is 1. The fourth-order valence-corrected chi connectivity index (χ4v) is 3.41. The van der Waals surface area contributed by atoms with Crippen molar-refractivity contribution in [1.82, 2.24) is 9.97 Å². The number of aryl methyl sites for hydroxylation is 2. The molecule has 1 N–H and O–H groups in total. The minimum absolute atomic E-state index is 0.0324. The largest absolute Gasteiger partial charge is 0.481 e. The molecule has 110 valence electrons. The van der Waals surface area contributed by atoms with Crippen molar-refractivity contribution in [1.29, 1.82) is 0 Å². The maximum absolute atomic E-state index is 10.8. The average molecular weight is 367 g/mol. The van der Waals surface area contributed by atoms with E-state index in [1.54, 1.807) is 11.8 Å². The zero-order valence-electron chi connectivity index (χ0n) is 11.8. The number of hydrogen-bond acceptors (Lipinski definition) is 4. The van der Waals surface area contributed by atoms with Gasteiger partial charge in [-0.25, -0.2) is 9.97 Å². The Morgan fingerprint density at radius 2 is 1.86 bits per heavy atom. The summed E-state index contributed by atoms with van der Waals surface area (Å²) in [4.78, 5) is 20.8. The van der Waals surface area contributed by atoms with Gasteiger partial charge in [0.1, 0.15) is 5.82 Å². The number of aliphatic carboxylic acids is 1. The van der Waals surface area contributed by atoms with Crippen LogP contribution < -0.4 is 0 Å². The molecule has 21 heavy (non-hydrogen) atoms. The lowest BCUT2D eigenvalue weighted by atomic mass is 10.1. The van der Waals surface area contributed by atoms with E-state index in [-0.39, 0.29) is 6.42 Å². The predicted molar refractivity (Wildman–Crippen MR) is 86.5 cm³/mol. The third-order valence-corrected chi connectivity index (χ3v) is 5.01. The van der Waals surface area contributed by atoms with E-state index >= 15 is 0 Å². The van der Waals surface area contributed by atoms with Gasteiger partial charge < -0.3 is 5.11 Å². The van der Waals surface area contributed by atoms with Crippen molar-refractivity contribution >= 4 is 33.7 Å². The van der Waals surface area contributed by atoms with Gasteiger partial charge in [0, 0.05) is 26.3 Å². The van der Waals surface area contributed by atoms with Gasteiger partial charge in [0.05, 0.1) is 12.2 Å². The van der Waals surface area contributed by atoms with Crippen molar-refractivity contribution in [3.8, 4) is 0 Å². The summed E-state index contributed by atoms with van der Waals surface area (Å²) in [6.45, 7) is 3.67. The van der Waals surface area contributed by atoms with Crippen LogP contribution in [0.15, 0.2) is 33.6 Å². The van der Waals surface area contributed by atoms with Crippen LogP contribution in [-0.2, 0) is 17.0 Å². The van der Waals surface area contributed by atoms with Gasteiger partial charge in [0.15, 0.2) is 0 Å². The molecule has 0 aliphatic rings. The van der Waals surface area contributed by atoms with Crippen molar-refractivity contribution in [3.63, 3.8) is 0 Å². The van der Waals surface area contributed by atoms with E-state index in [1.807, 2.05) is 38.1 Å². The SMILES string of the molecule is Cc1nc(CSc2ccccc2Br)nc(C)c1CC(=O)O. The van der Waals surface area contributed by atoms with Crippen molar-refractivity contribution in [2.75, 3.05) is 0 Å². The molecule has 2 aromatic rings. The lowest BCUT2D eigenvalue weighted by molar-refractivity contribution is -0.136. The molecule has 0 fully saturated rings. The number of thioether (sulfide) groups is 1. The van der Waals surface area contributed by atoms with E-state index < -0.39 is 5.97 Å². The van der Waals surface area contributed by atoms with Crippen LogP contribution in [0.1, 0.15) is 22.8 Å². The van der Waals surface area contributed by atoms with E-state index in [0.29, 0.717) is 11.3 Å². The second-order valence-electron chi connectivity index (χ2n) is 4.58. The Morgan fingerprint density at radius 3 is 2.43 bits per heavy atom. The van der Waals surface area contributed by atoms with Crippen LogP contribution in [0.2, 0.25) is 0 Å². The molecule has 0 unspecified atom stereocenters. The second-order valence-corrected chi connectivity index (χ2v) is 6.45. The molecule has 2 rings (SSSR count). The molecular weight excluding hydrogens is 352 g/mol. The van der Waals surface area contributed by atoms with Crippen LogP contribution in [0.4, 0.5) is 0 Å². The summed E-state index contributed by atoms with van der Waals surface area (Å²) in [5.74, 6) is 0.512. The first-order chi connectivity index (χ1) is 9.97. The summed E-state index contributed by atoms with van der Waals surface area (Å²) >= 11 is 5.16. The van der Waals surface area contributed by atoms with E-state index in [0.717, 1.165) is 26.6 Å². The van der Waals surface area contributed by atoms with Gasteiger partial charge in [-0.05, 0) is 41.9 Å². The first-order valence-electron chi connectivity index (χ1n) is 6.39. The lowest BCUT2D eigenvalue weighted by Gasteiger charge is -2.09. The Bertz CT molecular complexity index is 653. The highest BCUT2D eigenvalue weighted by atomic mass is 79.9. The van der Waals surface area contributed by atoms with E-state index in [4.69, 9.17) is 5.11 Å². The Hall–Kier alpha value is -1.40. The van der Waals surface area contributed by atoms with E-state index in [1.165, 1.54) is 0 Å². The number of benzene rings is 1. The zero-order chi connectivity index (χ0) is 15.4. The molecule has 0 amide bonds. The van der Waals surface area contributed by atoms with Gasteiger partial charge in [0.2, 0.25) is 0 Å². The maximum Gasteiger partial charge on any atom is 0.307 e. The summed E-state index contributed by atoms with van der Waals surface area (Å²) in [5, 5.41) is 8.90. The molecule has 6 heteroatoms. The third kappa shape index (κ3) is 4.28. The topological polar surface area (TPSA) is 63.1 Å². The summed E-state index contributed by atoms with van der Waals surface area (Å²) in [6.07, 6.45) is -0.0324. The summed E-state index contributed by atoms with van der Waals surface area (Å²) in [5.41, 5.74) is 2.19. The quantitative estimate of drug-likeness (QED) is 0.815. The molecule has 1 aromatic carbocycles. The van der Waals surface area contributed by atoms with Gasteiger partial charge in [-0.15, -0.1) is 11.8 Å². The zero-order valence-corrected chi connectivity index (χ0v) is 14.2. The fraction of sp³-hybridized carbons (Fsp3) is 0.267. The number of aromatic nitrogens is 2. The average Bonchev–Trinajstić information content (AvgIpc) is 2.42. The molecule has 0 radical (unpaired) electrons. The van der Waals surface area contributed by atoms with Crippen LogP contribution in [-0.4, -0.2) is 21.0 Å². The lowest BCUT2D eigenvalue weighted by Crippen LogP contribution is -2.09. The van der Waals surface area contributed by atoms with Crippen LogP contribution in [0.25, 0.3) is 0 Å². The molecular formula is C15H15BrN2O2S. The number of rotatable bonds is 5. The molecule has 0 aliphatic carbocycles. The predicted octanol–water partition coefficient (Wildman–Crippen LogP) is 3.78. The normalized spacial score (nSPS) is 10.6. The smallest absolute Gasteiger partial charge is 0.307 e. The van der Waals surface area contributed by atoms with Crippen LogP contribution in [0.5, 0.6) is 0 Å². The van der Waals surface area contributed by atoms with Gasteiger partial charge >= 0.3 is 5.97 Å². The molecule has 0 bridgehead atoms. The highest BCUT2D eigenvalue weighted by Crippen LogP contribution is 2.29. The highest BCUT2D eigenvalue weighted by molar-refractivity contribution is 9.10. The van der Waals surface area contributed by atoms with Crippen molar-refractivity contribution in [3.05, 3.63) is 51.5 Å². The Labute approximate surface area is 136 Å². The number of hydrogen-bond donors (Lipinski definition) is 1. The molecule has 1 aromatic heterocycles. The number of halogens is 1. The van der Waals surface area contributed by atoms with Gasteiger partial charge in [-0.1, -0.05) is 12.1 Å². The van der Waals surface area contributed by atoms with E-state index in [2.05, 4.69) is 25.9 Å². The van der Waals surface area contributed by atoms with Crippen molar-refractivity contribution in [2.45, 2.75) is 30.9 Å². The molecule has 1 heterocycles. The number of carboxylic acid groups (broad SMARTS) is 1. The molecule has 4 nitrogen and oxygen atoms in total. The van der Waals surface area contributed by atoms with Crippen LogP contribution >= 0.6 is 27.7 Å². The van der Waals surface area contributed by atoms with Gasteiger partial charge in [0.25, 0.3) is 0 Å². The molecule has 0 aliphatic heterocycles. The van der Waals surface area contributed by atoms with Gasteiger partial charge in [-0.2, -0.15) is 0 Å². The molecule has 0 saturated heterocycles. The van der Waals surface area contributed by atoms with Crippen molar-refractivity contribution < 1.29 is 9.90 Å². The Morgan fingerprint density at radius 1 is 1.24 bits per heavy atom. The maximum atomic E-state index is 10.8. The number of carbonyl (C=O) groups is 1. The highest BCUT2D eigenvalue weighted by Gasteiger charge is 2.12. The minimum Gasteiger partial charge on any atom is -0.481 e. The summed E-state index contributed by atoms with van der Waals surface area (Å²) in [7, 11) is 0. The van der Waals surface area contributed by atoms with E-state index in [9.17, 15) is 4.79 Å². The second kappa shape index (κ2) is 7.04. The first-order valence-corrected chi connectivity index (χ1v) is 8.17. The fourth-order valence-electron chi connectivity index (χ4n) is 1.98. The standard InChI is InChI=1S/C15H15BrN2O2S/c1-9-11(7-15(19)20)10(2)18-14(17-9)8-21-13-6-4-3-5-12(13)16/h3-6H,7-8H2,1-2H3,(H,19,20). The van der Waals surface area contributed by atoms with Gasteiger partial charge in [-0.3, -0.25) is 4.79 Å². The van der Waals surface area contributed by atoms with Crippen LogP contribution in [0, 0.1) is 13.8 Å². The summed E-state index contributed by atoms with van der Waals surface area (Å²) in [6, 6.07) is 7.99. The molecule has 0 spiro atoms. The van der Waals surface area contributed by atoms with Crippen molar-refractivity contribution in [2.24, 2.45) is 0 Å². The number of nitrogens with zero attached hydrogens (tertiary/aromatic N) is 2. The summed E-state index contributed by atoms with van der Waals surface area (Å²) < 4.78 is 1.05. The third-order valence-electron chi connectivity index (χ3n) is 2.99. The molecule has 0 saturated carbocycles. The Balaban J connectivity index is 2.15. The first kappa shape index (κ1) is 16.0. The monoisotopic (exact) mass is 366 g/mol.